The number of hydrogen-bond donors (Lipinski definition) is 1. The highest BCUT2D eigenvalue weighted by molar-refractivity contribution is 5.54. The molecule has 0 aliphatic rings. The van der Waals surface area contributed by atoms with Crippen molar-refractivity contribution in [1.82, 2.24) is 0 Å². The highest BCUT2D eigenvalue weighted by atomic mass is 16.2. The van der Waals surface area contributed by atoms with E-state index in [-0.39, 0.29) is 0 Å². The van der Waals surface area contributed by atoms with Crippen molar-refractivity contribution in [2.75, 3.05) is 0 Å². The zero-order chi connectivity index (χ0) is 11.6. The third-order valence-electron chi connectivity index (χ3n) is 2.51. The van der Waals surface area contributed by atoms with Gasteiger partial charge in [-0.2, -0.15) is 10.5 Å². The summed E-state index contributed by atoms with van der Waals surface area (Å²) in [5.41, 5.74) is 2.06. The fourth-order valence-electron chi connectivity index (χ4n) is 1.62. The number of aliphatic hydroxyl groups is 1. The Morgan fingerprint density at radius 2 is 1.67 bits per heavy atom. The minimum atomic E-state index is 0.359. The summed E-state index contributed by atoms with van der Waals surface area (Å²) < 4.78 is 0. The molecule has 15 heavy (non-hydrogen) atoms. The Labute approximate surface area is 87.8 Å². The summed E-state index contributed by atoms with van der Waals surface area (Å²) in [4.78, 5) is 0. The Hall–Kier alpha value is -2.26. The average molecular weight is 198 g/mol. The number of hydrogen-bond acceptors (Lipinski definition) is 3. The van der Waals surface area contributed by atoms with Crippen molar-refractivity contribution in [3.8, 4) is 12.1 Å². The van der Waals surface area contributed by atoms with Crippen LogP contribution in [0.15, 0.2) is 0 Å². The molecule has 0 saturated heterocycles. The molecule has 1 aromatic carbocycles. The van der Waals surface area contributed by atoms with Crippen molar-refractivity contribution in [3.63, 3.8) is 0 Å². The van der Waals surface area contributed by atoms with Crippen molar-refractivity contribution in [2.24, 2.45) is 0 Å². The molecule has 1 rings (SSSR count). The van der Waals surface area contributed by atoms with E-state index in [1.807, 2.05) is 12.1 Å². The lowest BCUT2D eigenvalue weighted by Gasteiger charge is -2.05. The van der Waals surface area contributed by atoms with Crippen molar-refractivity contribution in [3.05, 3.63) is 32.7 Å². The van der Waals surface area contributed by atoms with Crippen molar-refractivity contribution in [2.45, 2.75) is 13.8 Å². The molecule has 1 N–H and O–H groups in total. The van der Waals surface area contributed by atoms with Gasteiger partial charge in [-0.25, -0.2) is 0 Å². The highest BCUT2D eigenvalue weighted by Crippen LogP contribution is 2.09. The molecule has 3 heteroatoms. The normalized spacial score (nSPS) is 10.8. The average Bonchev–Trinajstić information content (AvgIpc) is 2.19. The predicted octanol–water partition coefficient (Wildman–Crippen LogP) is 0.753. The van der Waals surface area contributed by atoms with Gasteiger partial charge in [0.15, 0.2) is 0 Å². The van der Waals surface area contributed by atoms with Gasteiger partial charge in [0, 0.05) is 5.22 Å². The van der Waals surface area contributed by atoms with Crippen LogP contribution in [-0.2, 0) is 0 Å². The largest absolute Gasteiger partial charge is 0.515 e. The van der Waals surface area contributed by atoms with Crippen LogP contribution >= 0.6 is 0 Å². The molecule has 74 valence electrons. The summed E-state index contributed by atoms with van der Waals surface area (Å²) in [6.45, 7) is 7.17. The molecule has 0 aliphatic heterocycles. The van der Waals surface area contributed by atoms with Crippen LogP contribution in [0.1, 0.15) is 22.3 Å². The van der Waals surface area contributed by atoms with Crippen LogP contribution in [0.2, 0.25) is 0 Å². The number of benzene rings is 1. The molecule has 0 radical (unpaired) electrons. The molecule has 0 saturated carbocycles. The second-order valence-corrected chi connectivity index (χ2v) is 3.24. The first kappa shape index (κ1) is 10.8. The van der Waals surface area contributed by atoms with Crippen LogP contribution < -0.4 is 10.4 Å². The van der Waals surface area contributed by atoms with Crippen molar-refractivity contribution in [1.29, 1.82) is 10.5 Å². The van der Waals surface area contributed by atoms with E-state index in [1.165, 1.54) is 0 Å². The second-order valence-electron chi connectivity index (χ2n) is 3.24. The summed E-state index contributed by atoms with van der Waals surface area (Å²) in [7, 11) is 0. The van der Waals surface area contributed by atoms with Crippen LogP contribution in [0.4, 0.5) is 0 Å². The number of aliphatic hydroxyl groups excluding tert-OH is 1. The molecule has 0 aliphatic carbocycles. The molecule has 0 bridgehead atoms. The summed E-state index contributed by atoms with van der Waals surface area (Å²) >= 11 is 0. The van der Waals surface area contributed by atoms with E-state index in [0.29, 0.717) is 32.7 Å². The topological polar surface area (TPSA) is 67.8 Å². The SMILES string of the molecule is C=c1c(C#N)c(C)c(C#N)c(C)/c1=C/O. The van der Waals surface area contributed by atoms with Crippen LogP contribution in [0.3, 0.4) is 0 Å². The number of rotatable bonds is 0. The first-order valence-electron chi connectivity index (χ1n) is 4.35. The van der Waals surface area contributed by atoms with E-state index in [9.17, 15) is 0 Å². The number of nitrogens with zero attached hydrogens (tertiary/aromatic N) is 2. The molecule has 1 aromatic rings. The maximum atomic E-state index is 9.05. The van der Waals surface area contributed by atoms with Gasteiger partial charge in [-0.1, -0.05) is 6.58 Å². The van der Waals surface area contributed by atoms with E-state index >= 15 is 0 Å². The molecular weight excluding hydrogens is 188 g/mol. The lowest BCUT2D eigenvalue weighted by atomic mass is 9.95. The van der Waals surface area contributed by atoms with Gasteiger partial charge in [-0.05, 0) is 30.2 Å². The first-order valence-corrected chi connectivity index (χ1v) is 4.35. The number of nitriles is 2. The molecule has 0 amide bonds. The van der Waals surface area contributed by atoms with Gasteiger partial charge in [-0.15, -0.1) is 0 Å². The summed E-state index contributed by atoms with van der Waals surface area (Å²) in [6.07, 6.45) is 0.888. The minimum absolute atomic E-state index is 0.359. The zero-order valence-corrected chi connectivity index (χ0v) is 8.63. The fourth-order valence-corrected chi connectivity index (χ4v) is 1.62. The van der Waals surface area contributed by atoms with Crippen molar-refractivity contribution >= 4 is 12.8 Å². The standard InChI is InChI=1S/C12H10N2O/c1-7-10(4-13)8(2)12(6-15)9(3)11(7)5-14/h6,15H,2H2,1,3H3/b12-6+. The quantitative estimate of drug-likeness (QED) is 0.669. The van der Waals surface area contributed by atoms with Gasteiger partial charge >= 0.3 is 0 Å². The fraction of sp³-hybridized carbons (Fsp3) is 0.167. The first-order chi connectivity index (χ1) is 7.08. The Bertz CT molecular complexity index is 601. The summed E-state index contributed by atoms with van der Waals surface area (Å²) in [5, 5.41) is 27.9. The summed E-state index contributed by atoms with van der Waals surface area (Å²) in [5.74, 6) is 0. The Balaban J connectivity index is 4.05. The molecule has 0 unspecified atom stereocenters. The summed E-state index contributed by atoms with van der Waals surface area (Å²) in [6, 6.07) is 4.03. The third-order valence-corrected chi connectivity index (χ3v) is 2.51. The maximum Gasteiger partial charge on any atom is 0.100 e. The van der Waals surface area contributed by atoms with Gasteiger partial charge in [-0.3, -0.25) is 0 Å². The molecule has 0 heterocycles. The van der Waals surface area contributed by atoms with Gasteiger partial charge < -0.3 is 5.11 Å². The van der Waals surface area contributed by atoms with Crippen LogP contribution in [-0.4, -0.2) is 5.11 Å². The lowest BCUT2D eigenvalue weighted by Crippen LogP contribution is -2.31. The Kier molecular flexibility index (Phi) is 2.78. The Morgan fingerprint density at radius 3 is 2.07 bits per heavy atom. The van der Waals surface area contributed by atoms with Crippen LogP contribution in [0.5, 0.6) is 0 Å². The van der Waals surface area contributed by atoms with E-state index < -0.39 is 0 Å². The molecule has 0 fully saturated rings. The zero-order valence-electron chi connectivity index (χ0n) is 8.63. The van der Waals surface area contributed by atoms with Gasteiger partial charge in [0.05, 0.1) is 23.5 Å². The lowest BCUT2D eigenvalue weighted by molar-refractivity contribution is 0.539. The predicted molar refractivity (Wildman–Crippen MR) is 57.2 cm³/mol. The molecule has 0 aromatic heterocycles. The van der Waals surface area contributed by atoms with Crippen LogP contribution in [0.25, 0.3) is 12.8 Å². The smallest absolute Gasteiger partial charge is 0.100 e. The highest BCUT2D eigenvalue weighted by Gasteiger charge is 2.10. The van der Waals surface area contributed by atoms with Gasteiger partial charge in [0.1, 0.15) is 6.07 Å². The minimum Gasteiger partial charge on any atom is -0.515 e. The second kappa shape index (κ2) is 3.86. The van der Waals surface area contributed by atoms with Crippen LogP contribution in [0, 0.1) is 36.5 Å². The molecule has 3 nitrogen and oxygen atoms in total. The van der Waals surface area contributed by atoms with E-state index in [0.717, 1.165) is 6.26 Å². The van der Waals surface area contributed by atoms with Gasteiger partial charge in [0.25, 0.3) is 0 Å². The maximum absolute atomic E-state index is 9.05. The third kappa shape index (κ3) is 1.45. The van der Waals surface area contributed by atoms with E-state index in [1.54, 1.807) is 13.8 Å². The Morgan fingerprint density at radius 1 is 1.13 bits per heavy atom. The van der Waals surface area contributed by atoms with Crippen molar-refractivity contribution < 1.29 is 5.11 Å². The van der Waals surface area contributed by atoms with Gasteiger partial charge in [0.2, 0.25) is 0 Å². The molecular formula is C12H10N2O. The van der Waals surface area contributed by atoms with E-state index in [4.69, 9.17) is 15.6 Å². The molecule has 0 atom stereocenters. The van der Waals surface area contributed by atoms with E-state index in [2.05, 4.69) is 6.58 Å². The molecule has 0 spiro atoms. The monoisotopic (exact) mass is 198 g/mol.